The molecule has 0 radical (unpaired) electrons. The van der Waals surface area contributed by atoms with Gasteiger partial charge in [-0.2, -0.15) is 0 Å². The molecule has 0 bridgehead atoms. The maximum Gasteiger partial charge on any atom is 0.312 e. The highest BCUT2D eigenvalue weighted by atomic mass is 32.2. The molecule has 20 heteroatoms. The first kappa shape index (κ1) is 40.6. The van der Waals surface area contributed by atoms with Gasteiger partial charge >= 0.3 is 5.69 Å². The lowest BCUT2D eigenvalue weighted by Crippen LogP contribution is -2.33. The quantitative estimate of drug-likeness (QED) is 0.0565. The van der Waals surface area contributed by atoms with Gasteiger partial charge in [-0.1, -0.05) is 41.7 Å². The number of thiazole rings is 2. The Bertz CT molecular complexity index is 2610. The van der Waals surface area contributed by atoms with Crippen molar-refractivity contribution in [3.8, 4) is 0 Å². The molecule has 2 amide bonds. The van der Waals surface area contributed by atoms with E-state index in [0.717, 1.165) is 51.0 Å². The summed E-state index contributed by atoms with van der Waals surface area (Å²) in [5.41, 5.74) is 1.99. The standard InChI is InChI=1S/C38H36FN9O6S4/c1-46(2)15-14-25(21-55-26-8-4-3-5-9-26)41-34-32(48(51)52)18-27(19-40-34)58(53,54)45-36(50)31-22-56-38(43-31)47-16-13-23-7-6-10-28(29(23)20-47)35(49)44-37-42-30-12-11-24(39)17-33(30)57-37/h3-12,17-19,22,25H,13-16,20-21H2,1-2H3,(H,40,41)(H,45,50)(H,42,44,49)/t25-/m1/s1. The Morgan fingerprint density at radius 2 is 1.88 bits per heavy atom. The molecule has 58 heavy (non-hydrogen) atoms. The molecule has 3 aromatic heterocycles. The molecule has 300 valence electrons. The topological polar surface area (TPSA) is 193 Å². The van der Waals surface area contributed by atoms with Crippen LogP contribution in [0.15, 0.2) is 94.2 Å². The average molecular weight is 862 g/mol. The average Bonchev–Trinajstić information content (AvgIpc) is 3.86. The molecule has 3 N–H and O–H groups in total. The van der Waals surface area contributed by atoms with Crippen LogP contribution in [-0.4, -0.2) is 84.0 Å². The lowest BCUT2D eigenvalue weighted by Gasteiger charge is -2.29. The monoisotopic (exact) mass is 861 g/mol. The third-order valence-corrected chi connectivity index (χ3v) is 13.4. The number of hydrogen-bond donors (Lipinski definition) is 3. The third kappa shape index (κ3) is 9.59. The van der Waals surface area contributed by atoms with Gasteiger partial charge < -0.3 is 15.1 Å². The van der Waals surface area contributed by atoms with Gasteiger partial charge in [-0.3, -0.25) is 25.0 Å². The SMILES string of the molecule is CN(C)CC[C@H](CSc1ccccc1)Nc1ncc(S(=O)(=O)NC(=O)c2csc(N3CCc4cccc(C(=O)Nc5nc6ccc(F)cc6s5)c4C3)n2)cc1[N+](=O)[O-]. The van der Waals surface area contributed by atoms with Gasteiger partial charge in [0.1, 0.15) is 16.4 Å². The molecule has 4 heterocycles. The molecule has 0 saturated carbocycles. The number of benzene rings is 3. The molecular formula is C38H36FN9O6S4. The minimum Gasteiger partial charge on any atom is -0.361 e. The summed E-state index contributed by atoms with van der Waals surface area (Å²) in [5, 5.41) is 20.3. The fourth-order valence-electron chi connectivity index (χ4n) is 6.17. The van der Waals surface area contributed by atoms with E-state index >= 15 is 0 Å². The maximum atomic E-state index is 13.7. The number of carbonyl (C=O) groups excluding carboxylic acids is 2. The molecule has 0 aliphatic carbocycles. The summed E-state index contributed by atoms with van der Waals surface area (Å²) in [6.45, 7) is 1.50. The molecule has 1 atom stereocenters. The number of halogens is 1. The number of hydrogen-bond acceptors (Lipinski definition) is 15. The first-order chi connectivity index (χ1) is 27.8. The molecule has 7 rings (SSSR count). The Morgan fingerprint density at radius 3 is 2.66 bits per heavy atom. The van der Waals surface area contributed by atoms with Crippen LogP contribution in [0.25, 0.3) is 10.2 Å². The number of nitrogens with zero attached hydrogens (tertiary/aromatic N) is 6. The minimum absolute atomic E-state index is 0.0889. The normalized spacial score (nSPS) is 13.3. The number of fused-ring (bicyclic) bond motifs is 2. The highest BCUT2D eigenvalue weighted by molar-refractivity contribution is 7.99. The molecule has 0 spiro atoms. The van der Waals surface area contributed by atoms with E-state index in [4.69, 9.17) is 0 Å². The summed E-state index contributed by atoms with van der Waals surface area (Å²) >= 11 is 3.87. The smallest absolute Gasteiger partial charge is 0.312 e. The first-order valence-electron chi connectivity index (χ1n) is 17.8. The van der Waals surface area contributed by atoms with Crippen LogP contribution in [-0.2, 0) is 23.0 Å². The number of nitrogens with one attached hydrogen (secondary N) is 3. The van der Waals surface area contributed by atoms with Crippen LogP contribution < -0.4 is 20.3 Å². The number of amides is 2. The third-order valence-electron chi connectivity index (χ3n) is 9.12. The van der Waals surface area contributed by atoms with Crippen molar-refractivity contribution < 1.29 is 27.3 Å². The molecular weight excluding hydrogens is 826 g/mol. The summed E-state index contributed by atoms with van der Waals surface area (Å²) in [6.07, 6.45) is 2.18. The Morgan fingerprint density at radius 1 is 1.07 bits per heavy atom. The predicted molar refractivity (Wildman–Crippen MR) is 224 cm³/mol. The molecule has 0 fully saturated rings. The number of nitro groups is 1. The number of sulfonamides is 1. The van der Waals surface area contributed by atoms with Crippen molar-refractivity contribution in [1.29, 1.82) is 0 Å². The van der Waals surface area contributed by atoms with Crippen molar-refractivity contribution in [3.63, 3.8) is 0 Å². The molecule has 0 unspecified atom stereocenters. The van der Waals surface area contributed by atoms with Gasteiger partial charge in [0.05, 0.1) is 21.3 Å². The first-order valence-corrected chi connectivity index (χ1v) is 22.0. The zero-order valence-electron chi connectivity index (χ0n) is 31.0. The van der Waals surface area contributed by atoms with Crippen molar-refractivity contribution in [2.24, 2.45) is 0 Å². The Balaban J connectivity index is 1.02. The fraction of sp³-hybridized carbons (Fsp3) is 0.237. The largest absolute Gasteiger partial charge is 0.361 e. The lowest BCUT2D eigenvalue weighted by atomic mass is 9.94. The number of pyridine rings is 1. The van der Waals surface area contributed by atoms with Gasteiger partial charge in [-0.05, 0) is 81.0 Å². The van der Waals surface area contributed by atoms with Crippen LogP contribution >= 0.6 is 34.4 Å². The van der Waals surface area contributed by atoms with Crippen LogP contribution in [0.2, 0.25) is 0 Å². The van der Waals surface area contributed by atoms with Crippen LogP contribution in [0, 0.1) is 15.9 Å². The van der Waals surface area contributed by atoms with Gasteiger partial charge in [0, 0.05) is 46.8 Å². The van der Waals surface area contributed by atoms with E-state index in [1.165, 1.54) is 17.5 Å². The molecule has 3 aromatic carbocycles. The van der Waals surface area contributed by atoms with E-state index in [1.807, 2.05) is 65.0 Å². The van der Waals surface area contributed by atoms with Crippen molar-refractivity contribution in [2.75, 3.05) is 48.5 Å². The maximum absolute atomic E-state index is 13.7. The number of aromatic nitrogens is 3. The fourth-order valence-corrected chi connectivity index (χ4v) is 9.81. The summed E-state index contributed by atoms with van der Waals surface area (Å²) in [6, 6.07) is 20.0. The number of thioether (sulfide) groups is 1. The van der Waals surface area contributed by atoms with Crippen LogP contribution in [0.1, 0.15) is 38.4 Å². The van der Waals surface area contributed by atoms with Gasteiger partial charge in [0.25, 0.3) is 21.8 Å². The molecule has 15 nitrogen and oxygen atoms in total. The molecule has 1 aliphatic rings. The zero-order chi connectivity index (χ0) is 41.0. The van der Waals surface area contributed by atoms with Crippen LogP contribution in [0.4, 0.5) is 26.2 Å². The highest BCUT2D eigenvalue weighted by Crippen LogP contribution is 2.32. The molecule has 6 aromatic rings. The van der Waals surface area contributed by atoms with Gasteiger partial charge in [0.15, 0.2) is 10.3 Å². The minimum atomic E-state index is -4.61. The van der Waals surface area contributed by atoms with E-state index in [0.29, 0.717) is 57.7 Å². The van der Waals surface area contributed by atoms with E-state index in [9.17, 15) is 32.5 Å². The van der Waals surface area contributed by atoms with Crippen LogP contribution in [0.3, 0.4) is 0 Å². The van der Waals surface area contributed by atoms with Gasteiger partial charge in [-0.25, -0.2) is 32.5 Å². The predicted octanol–water partition coefficient (Wildman–Crippen LogP) is 6.65. The van der Waals surface area contributed by atoms with Crippen molar-refractivity contribution in [1.82, 2.24) is 24.6 Å². The highest BCUT2D eigenvalue weighted by Gasteiger charge is 2.29. The van der Waals surface area contributed by atoms with E-state index in [2.05, 4.69) is 25.6 Å². The van der Waals surface area contributed by atoms with E-state index < -0.39 is 37.3 Å². The zero-order valence-corrected chi connectivity index (χ0v) is 34.3. The van der Waals surface area contributed by atoms with E-state index in [-0.39, 0.29) is 30.0 Å². The number of anilines is 3. The van der Waals surface area contributed by atoms with Crippen molar-refractivity contribution >= 4 is 88.3 Å². The Labute approximate surface area is 344 Å². The van der Waals surface area contributed by atoms with Crippen molar-refractivity contribution in [3.05, 3.63) is 123 Å². The second-order valence-electron chi connectivity index (χ2n) is 13.5. The molecule has 1 aliphatic heterocycles. The summed E-state index contributed by atoms with van der Waals surface area (Å²) in [5.74, 6) is -1.33. The Hall–Kier alpha value is -5.54. The summed E-state index contributed by atoms with van der Waals surface area (Å²) in [7, 11) is -0.759. The lowest BCUT2D eigenvalue weighted by molar-refractivity contribution is -0.384. The van der Waals surface area contributed by atoms with Gasteiger partial charge in [0.2, 0.25) is 5.82 Å². The number of carbonyl (C=O) groups is 2. The van der Waals surface area contributed by atoms with Crippen molar-refractivity contribution in [2.45, 2.75) is 35.2 Å². The summed E-state index contributed by atoms with van der Waals surface area (Å²) < 4.78 is 43.1. The second-order valence-corrected chi connectivity index (χ2v) is 18.1. The Kier molecular flexibility index (Phi) is 12.3. The van der Waals surface area contributed by atoms with E-state index in [1.54, 1.807) is 30.0 Å². The molecule has 0 saturated heterocycles. The second kappa shape index (κ2) is 17.5. The van der Waals surface area contributed by atoms with Gasteiger partial charge in [-0.15, -0.1) is 23.1 Å². The van der Waals surface area contributed by atoms with Crippen LogP contribution in [0.5, 0.6) is 0 Å². The summed E-state index contributed by atoms with van der Waals surface area (Å²) in [4.78, 5) is 55.5. The number of rotatable bonds is 15.